The van der Waals surface area contributed by atoms with Gasteiger partial charge in [-0.25, -0.2) is 4.98 Å². The molecule has 0 saturated carbocycles. The second kappa shape index (κ2) is 11.9. The van der Waals surface area contributed by atoms with Gasteiger partial charge in [-0.1, -0.05) is 49.9 Å². The molecule has 0 aliphatic rings. The van der Waals surface area contributed by atoms with E-state index in [0.29, 0.717) is 5.25 Å². The van der Waals surface area contributed by atoms with Gasteiger partial charge in [-0.2, -0.15) is 23.5 Å². The molecule has 0 radical (unpaired) electrons. The fraction of sp³-hybridized carbons (Fsp3) is 0.526. The molecule has 132 valence electrons. The third-order valence-corrected chi connectivity index (χ3v) is 6.76. The topological polar surface area (TPSA) is 17.8 Å². The van der Waals surface area contributed by atoms with E-state index in [2.05, 4.69) is 46.6 Å². The molecule has 0 aliphatic heterocycles. The van der Waals surface area contributed by atoms with E-state index in [9.17, 15) is 0 Å². The molecular weight excluding hydrogens is 356 g/mol. The van der Waals surface area contributed by atoms with Crippen LogP contribution in [0.4, 0.5) is 0 Å². The minimum Gasteiger partial charge on any atom is -0.336 e. The molecule has 0 saturated heterocycles. The Hall–Kier alpha value is -0.580. The Morgan fingerprint density at radius 3 is 2.71 bits per heavy atom. The van der Waals surface area contributed by atoms with E-state index in [1.807, 2.05) is 36.4 Å². The van der Waals surface area contributed by atoms with Crippen LogP contribution in [0, 0.1) is 0 Å². The molecule has 1 atom stereocenters. The molecule has 2 rings (SSSR count). The molecule has 0 N–H and O–H groups in total. The van der Waals surface area contributed by atoms with E-state index in [-0.39, 0.29) is 0 Å². The number of rotatable bonds is 12. The Labute approximate surface area is 159 Å². The van der Waals surface area contributed by atoms with Crippen LogP contribution in [0.1, 0.15) is 38.2 Å². The first-order chi connectivity index (χ1) is 11.8. The molecule has 1 unspecified atom stereocenters. The maximum Gasteiger partial charge on any atom is 0.0946 e. The van der Waals surface area contributed by atoms with Crippen LogP contribution in [0.5, 0.6) is 0 Å². The van der Waals surface area contributed by atoms with Gasteiger partial charge in [0.1, 0.15) is 0 Å². The number of hydrogen-bond acceptors (Lipinski definition) is 3. The summed E-state index contributed by atoms with van der Waals surface area (Å²) in [7, 11) is 0. The van der Waals surface area contributed by atoms with E-state index in [1.165, 1.54) is 42.8 Å². The number of halogens is 1. The number of aromatic nitrogens is 2. The van der Waals surface area contributed by atoms with E-state index in [4.69, 9.17) is 11.6 Å². The normalized spacial score (nSPS) is 12.4. The predicted molar refractivity (Wildman–Crippen MR) is 110 cm³/mol. The Morgan fingerprint density at radius 1 is 1.17 bits per heavy atom. The van der Waals surface area contributed by atoms with Gasteiger partial charge in [0.15, 0.2) is 0 Å². The van der Waals surface area contributed by atoms with E-state index < -0.39 is 0 Å². The Kier molecular flexibility index (Phi) is 9.78. The lowest BCUT2D eigenvalue weighted by molar-refractivity contribution is 0.687. The molecule has 0 aliphatic carbocycles. The molecule has 0 fully saturated rings. The van der Waals surface area contributed by atoms with E-state index >= 15 is 0 Å². The van der Waals surface area contributed by atoms with Crippen LogP contribution in [0.25, 0.3) is 0 Å². The summed E-state index contributed by atoms with van der Waals surface area (Å²) in [4.78, 5) is 4.17. The van der Waals surface area contributed by atoms with Crippen molar-refractivity contribution in [3.63, 3.8) is 0 Å². The molecule has 0 bridgehead atoms. The van der Waals surface area contributed by atoms with E-state index in [1.54, 1.807) is 0 Å². The average molecular weight is 383 g/mol. The molecule has 1 aromatic heterocycles. The Bertz CT molecular complexity index is 543. The summed E-state index contributed by atoms with van der Waals surface area (Å²) in [6.07, 6.45) is 11.2. The molecule has 2 nitrogen and oxygen atoms in total. The van der Waals surface area contributed by atoms with Crippen LogP contribution < -0.4 is 0 Å². The van der Waals surface area contributed by atoms with Crippen molar-refractivity contribution in [2.45, 2.75) is 50.2 Å². The molecule has 1 heterocycles. The van der Waals surface area contributed by atoms with Crippen molar-refractivity contribution in [3.05, 3.63) is 53.6 Å². The number of thioether (sulfide) groups is 2. The Balaban J connectivity index is 1.75. The lowest BCUT2D eigenvalue weighted by Gasteiger charge is -2.17. The highest BCUT2D eigenvalue weighted by atomic mass is 35.5. The zero-order valence-corrected chi connectivity index (χ0v) is 16.8. The van der Waals surface area contributed by atoms with Crippen LogP contribution in [0.2, 0.25) is 5.02 Å². The van der Waals surface area contributed by atoms with Gasteiger partial charge < -0.3 is 4.57 Å². The summed E-state index contributed by atoms with van der Waals surface area (Å²) in [5, 5.41) is 1.45. The fourth-order valence-electron chi connectivity index (χ4n) is 2.45. The van der Waals surface area contributed by atoms with E-state index in [0.717, 1.165) is 17.3 Å². The fourth-order valence-corrected chi connectivity index (χ4v) is 5.15. The summed E-state index contributed by atoms with van der Waals surface area (Å²) in [5.41, 5.74) is 1.35. The highest BCUT2D eigenvalue weighted by molar-refractivity contribution is 8.03. The van der Waals surface area contributed by atoms with Crippen molar-refractivity contribution in [2.24, 2.45) is 0 Å². The summed E-state index contributed by atoms with van der Waals surface area (Å²) >= 11 is 10.1. The maximum absolute atomic E-state index is 5.95. The van der Waals surface area contributed by atoms with Gasteiger partial charge in [-0.3, -0.25) is 0 Å². The second-order valence-corrected chi connectivity index (χ2v) is 8.83. The van der Waals surface area contributed by atoms with Crippen molar-refractivity contribution in [1.82, 2.24) is 9.55 Å². The highest BCUT2D eigenvalue weighted by Gasteiger charge is 2.10. The largest absolute Gasteiger partial charge is 0.336 e. The van der Waals surface area contributed by atoms with Gasteiger partial charge >= 0.3 is 0 Å². The molecule has 1 aromatic carbocycles. The quantitative estimate of drug-likeness (QED) is 0.410. The zero-order chi connectivity index (χ0) is 17.0. The monoisotopic (exact) mass is 382 g/mol. The molecular formula is C19H27ClN2S2. The van der Waals surface area contributed by atoms with Crippen molar-refractivity contribution in [1.29, 1.82) is 0 Å². The van der Waals surface area contributed by atoms with Gasteiger partial charge in [0, 0.05) is 40.7 Å². The number of benzene rings is 1. The molecule has 0 spiro atoms. The number of imidazole rings is 1. The predicted octanol–water partition coefficient (Wildman–Crippen LogP) is 6.15. The minimum absolute atomic E-state index is 0.637. The standard InChI is InChI=1S/C19H27ClN2S2/c1-2-3-4-5-12-24-19(13-22-11-10-21-16-22)15-23-14-17-6-8-18(20)9-7-17/h6-11,16,19H,2-5,12-15H2,1H3. The van der Waals surface area contributed by atoms with Crippen molar-refractivity contribution < 1.29 is 0 Å². The minimum atomic E-state index is 0.637. The molecule has 5 heteroatoms. The smallest absolute Gasteiger partial charge is 0.0946 e. The van der Waals surface area contributed by atoms with Gasteiger partial charge in [0.25, 0.3) is 0 Å². The lowest BCUT2D eigenvalue weighted by Crippen LogP contribution is -2.15. The number of nitrogens with zero attached hydrogens (tertiary/aromatic N) is 2. The van der Waals surface area contributed by atoms with Crippen LogP contribution >= 0.6 is 35.1 Å². The highest BCUT2D eigenvalue weighted by Crippen LogP contribution is 2.23. The summed E-state index contributed by atoms with van der Waals surface area (Å²) < 4.78 is 2.20. The van der Waals surface area contributed by atoms with Crippen LogP contribution in [0.3, 0.4) is 0 Å². The molecule has 0 amide bonds. The Morgan fingerprint density at radius 2 is 2.00 bits per heavy atom. The molecule has 24 heavy (non-hydrogen) atoms. The zero-order valence-electron chi connectivity index (χ0n) is 14.4. The first-order valence-electron chi connectivity index (χ1n) is 8.67. The number of unbranched alkanes of at least 4 members (excludes halogenated alkanes) is 3. The van der Waals surface area contributed by atoms with Crippen molar-refractivity contribution in [3.8, 4) is 0 Å². The third kappa shape index (κ3) is 8.00. The summed E-state index contributed by atoms with van der Waals surface area (Å²) in [6.45, 7) is 3.31. The van der Waals surface area contributed by atoms with Crippen LogP contribution in [0.15, 0.2) is 43.0 Å². The summed E-state index contributed by atoms with van der Waals surface area (Å²) in [6, 6.07) is 8.20. The average Bonchev–Trinajstić information content (AvgIpc) is 3.09. The van der Waals surface area contributed by atoms with Gasteiger partial charge in [-0.05, 0) is 29.9 Å². The van der Waals surface area contributed by atoms with Gasteiger partial charge in [0.05, 0.1) is 6.33 Å². The van der Waals surface area contributed by atoms with Crippen molar-refractivity contribution in [2.75, 3.05) is 11.5 Å². The first kappa shape index (κ1) is 19.7. The van der Waals surface area contributed by atoms with Gasteiger partial charge in [0.2, 0.25) is 0 Å². The third-order valence-electron chi connectivity index (χ3n) is 3.81. The van der Waals surface area contributed by atoms with Crippen molar-refractivity contribution >= 4 is 35.1 Å². The van der Waals surface area contributed by atoms with Gasteiger partial charge in [-0.15, -0.1) is 0 Å². The SMILES string of the molecule is CCCCCCSC(CSCc1ccc(Cl)cc1)Cn1ccnc1. The molecule has 2 aromatic rings. The number of hydrogen-bond donors (Lipinski definition) is 0. The lowest BCUT2D eigenvalue weighted by atomic mass is 10.2. The first-order valence-corrected chi connectivity index (χ1v) is 11.3. The second-order valence-electron chi connectivity index (χ2n) is 5.95. The van der Waals surface area contributed by atoms with Crippen LogP contribution in [-0.4, -0.2) is 26.3 Å². The van der Waals surface area contributed by atoms with Crippen LogP contribution in [-0.2, 0) is 12.3 Å². The summed E-state index contributed by atoms with van der Waals surface area (Å²) in [5.74, 6) is 3.48. The maximum atomic E-state index is 5.95.